The van der Waals surface area contributed by atoms with Gasteiger partial charge >= 0.3 is 0 Å². The Hall–Kier alpha value is -0.370. The zero-order valence-electron chi connectivity index (χ0n) is 14.1. The van der Waals surface area contributed by atoms with Crippen LogP contribution in [0.5, 0.6) is 0 Å². The first kappa shape index (κ1) is 15.5. The van der Waals surface area contributed by atoms with Gasteiger partial charge in [-0.3, -0.25) is 4.79 Å². The molecule has 0 aromatic rings. The molecule has 1 heterocycles. The van der Waals surface area contributed by atoms with Crippen molar-refractivity contribution in [1.29, 1.82) is 0 Å². The second-order valence-corrected chi connectivity index (χ2v) is 8.46. The molecule has 2 heteroatoms. The maximum Gasteiger partial charge on any atom is 0.137 e. The summed E-state index contributed by atoms with van der Waals surface area (Å²) in [7, 11) is 0. The molecule has 2 saturated carbocycles. The lowest BCUT2D eigenvalue weighted by Gasteiger charge is -2.45. The van der Waals surface area contributed by atoms with Crippen molar-refractivity contribution in [3.05, 3.63) is 0 Å². The number of rotatable bonds is 2. The van der Waals surface area contributed by atoms with Crippen molar-refractivity contribution in [2.45, 2.75) is 71.6 Å². The van der Waals surface area contributed by atoms with Gasteiger partial charge in [-0.2, -0.15) is 0 Å². The van der Waals surface area contributed by atoms with Gasteiger partial charge in [0.2, 0.25) is 0 Å². The summed E-state index contributed by atoms with van der Waals surface area (Å²) in [6.07, 6.45) is 12.1. The number of nitrogens with zero attached hydrogens (tertiary/aromatic N) is 1. The van der Waals surface area contributed by atoms with Crippen LogP contribution in [0.1, 0.15) is 71.6 Å². The lowest BCUT2D eigenvalue weighted by atomic mass is 9.68. The molecule has 21 heavy (non-hydrogen) atoms. The molecule has 0 bridgehead atoms. The average molecular weight is 291 g/mol. The molecular formula is C19H33NO. The number of carbonyl (C=O) groups is 1. The van der Waals surface area contributed by atoms with Gasteiger partial charge in [0.15, 0.2) is 0 Å². The summed E-state index contributed by atoms with van der Waals surface area (Å²) in [6, 6.07) is 0. The number of ketones is 1. The maximum atomic E-state index is 12.4. The molecule has 0 radical (unpaired) electrons. The Labute approximate surface area is 130 Å². The Bertz CT molecular complexity index is 362. The maximum absolute atomic E-state index is 12.4. The summed E-state index contributed by atoms with van der Waals surface area (Å²) in [5.41, 5.74) is 0.686. The topological polar surface area (TPSA) is 20.3 Å². The Morgan fingerprint density at radius 3 is 2.33 bits per heavy atom. The van der Waals surface area contributed by atoms with Crippen LogP contribution in [0.3, 0.4) is 0 Å². The molecule has 3 rings (SSSR count). The molecule has 0 N–H and O–H groups in total. The molecule has 0 aromatic carbocycles. The molecular weight excluding hydrogens is 258 g/mol. The quantitative estimate of drug-likeness (QED) is 0.756. The molecule has 1 aliphatic heterocycles. The van der Waals surface area contributed by atoms with Gasteiger partial charge in [0.25, 0.3) is 0 Å². The Morgan fingerprint density at radius 1 is 1.05 bits per heavy atom. The van der Waals surface area contributed by atoms with Crippen molar-refractivity contribution in [3.8, 4) is 0 Å². The minimum Gasteiger partial charge on any atom is -0.303 e. The van der Waals surface area contributed by atoms with Crippen molar-refractivity contribution < 1.29 is 4.79 Å². The number of carbonyl (C=O) groups excluding carboxylic acids is 1. The van der Waals surface area contributed by atoms with E-state index in [4.69, 9.17) is 0 Å². The van der Waals surface area contributed by atoms with E-state index in [2.05, 4.69) is 18.7 Å². The lowest BCUT2D eigenvalue weighted by molar-refractivity contribution is -0.129. The van der Waals surface area contributed by atoms with Gasteiger partial charge in [-0.25, -0.2) is 0 Å². The number of Topliss-reactive ketones (excluding diaryl/α,β-unsaturated/α-hetero) is 1. The number of likely N-dealkylation sites (tertiary alicyclic amines) is 1. The molecule has 3 aliphatic rings. The second-order valence-electron chi connectivity index (χ2n) is 8.46. The van der Waals surface area contributed by atoms with Crippen LogP contribution < -0.4 is 0 Å². The summed E-state index contributed by atoms with van der Waals surface area (Å²) < 4.78 is 0. The van der Waals surface area contributed by atoms with Crippen LogP contribution in [0.2, 0.25) is 0 Å². The Morgan fingerprint density at radius 2 is 1.71 bits per heavy atom. The smallest absolute Gasteiger partial charge is 0.137 e. The van der Waals surface area contributed by atoms with E-state index >= 15 is 0 Å². The molecule has 3 unspecified atom stereocenters. The van der Waals surface area contributed by atoms with Crippen LogP contribution in [-0.2, 0) is 4.79 Å². The normalized spacial score (nSPS) is 37.8. The standard InChI is InChI=1S/C19H33NO/c1-15-12-16(2)17(18(21)13-15)14-20-10-8-19(9-11-20)6-4-3-5-7-19/h15-17H,3-14H2,1-2H3. The Balaban J connectivity index is 1.52. The summed E-state index contributed by atoms with van der Waals surface area (Å²) in [4.78, 5) is 15.0. The first-order chi connectivity index (χ1) is 10.1. The zero-order valence-corrected chi connectivity index (χ0v) is 14.1. The minimum atomic E-state index is 0.321. The van der Waals surface area contributed by atoms with Gasteiger partial charge in [-0.15, -0.1) is 0 Å². The average Bonchev–Trinajstić information content (AvgIpc) is 2.46. The minimum absolute atomic E-state index is 0.321. The van der Waals surface area contributed by atoms with Gasteiger partial charge in [0.05, 0.1) is 0 Å². The van der Waals surface area contributed by atoms with E-state index in [0.29, 0.717) is 29.0 Å². The molecule has 0 amide bonds. The highest BCUT2D eigenvalue weighted by atomic mass is 16.1. The van der Waals surface area contributed by atoms with Crippen LogP contribution >= 0.6 is 0 Å². The summed E-state index contributed by atoms with van der Waals surface area (Å²) in [5.74, 6) is 2.06. The Kier molecular flexibility index (Phi) is 4.73. The van der Waals surface area contributed by atoms with E-state index in [1.54, 1.807) is 0 Å². The highest BCUT2D eigenvalue weighted by molar-refractivity contribution is 5.82. The van der Waals surface area contributed by atoms with E-state index in [1.165, 1.54) is 64.5 Å². The van der Waals surface area contributed by atoms with Crippen LogP contribution in [0, 0.1) is 23.2 Å². The monoisotopic (exact) mass is 291 g/mol. The van der Waals surface area contributed by atoms with Gasteiger partial charge in [0, 0.05) is 18.9 Å². The molecule has 1 saturated heterocycles. The summed E-state index contributed by atoms with van der Waals surface area (Å²) in [5, 5.41) is 0. The SMILES string of the molecule is CC1CC(=O)C(CN2CCC3(CCCCC3)CC2)C(C)C1. The first-order valence-electron chi connectivity index (χ1n) is 9.33. The third-order valence-corrected chi connectivity index (χ3v) is 6.71. The third kappa shape index (κ3) is 3.52. The third-order valence-electron chi connectivity index (χ3n) is 6.71. The van der Waals surface area contributed by atoms with Gasteiger partial charge in [-0.1, -0.05) is 33.1 Å². The molecule has 3 fully saturated rings. The van der Waals surface area contributed by atoms with E-state index in [-0.39, 0.29) is 0 Å². The van der Waals surface area contributed by atoms with Gasteiger partial charge < -0.3 is 4.90 Å². The number of hydrogen-bond acceptors (Lipinski definition) is 2. The molecule has 3 atom stereocenters. The predicted octanol–water partition coefficient (Wildman–Crippen LogP) is 4.28. The number of hydrogen-bond donors (Lipinski definition) is 0. The largest absolute Gasteiger partial charge is 0.303 e. The summed E-state index contributed by atoms with van der Waals surface area (Å²) in [6.45, 7) is 8.06. The molecule has 2 nitrogen and oxygen atoms in total. The van der Waals surface area contributed by atoms with Crippen molar-refractivity contribution in [2.24, 2.45) is 23.2 Å². The predicted molar refractivity (Wildman–Crippen MR) is 87.3 cm³/mol. The van der Waals surface area contributed by atoms with Crippen LogP contribution in [-0.4, -0.2) is 30.3 Å². The van der Waals surface area contributed by atoms with Crippen LogP contribution in [0.15, 0.2) is 0 Å². The molecule has 2 aliphatic carbocycles. The molecule has 0 aromatic heterocycles. The lowest BCUT2D eigenvalue weighted by Crippen LogP contribution is -2.46. The van der Waals surface area contributed by atoms with E-state index < -0.39 is 0 Å². The fraction of sp³-hybridized carbons (Fsp3) is 0.947. The van der Waals surface area contributed by atoms with E-state index in [0.717, 1.165) is 13.0 Å². The fourth-order valence-corrected chi connectivity index (χ4v) is 5.27. The first-order valence-corrected chi connectivity index (χ1v) is 9.33. The fourth-order valence-electron chi connectivity index (χ4n) is 5.27. The van der Waals surface area contributed by atoms with Crippen LogP contribution in [0.4, 0.5) is 0 Å². The van der Waals surface area contributed by atoms with Crippen molar-refractivity contribution in [3.63, 3.8) is 0 Å². The molecule has 1 spiro atoms. The highest BCUT2D eigenvalue weighted by Crippen LogP contribution is 2.44. The van der Waals surface area contributed by atoms with Gasteiger partial charge in [-0.05, 0) is 62.4 Å². The van der Waals surface area contributed by atoms with Crippen molar-refractivity contribution in [2.75, 3.05) is 19.6 Å². The molecule has 120 valence electrons. The van der Waals surface area contributed by atoms with Gasteiger partial charge in [0.1, 0.15) is 5.78 Å². The summed E-state index contributed by atoms with van der Waals surface area (Å²) >= 11 is 0. The highest BCUT2D eigenvalue weighted by Gasteiger charge is 2.38. The van der Waals surface area contributed by atoms with E-state index in [9.17, 15) is 4.79 Å². The van der Waals surface area contributed by atoms with Crippen molar-refractivity contribution in [1.82, 2.24) is 4.90 Å². The van der Waals surface area contributed by atoms with Crippen LogP contribution in [0.25, 0.3) is 0 Å². The van der Waals surface area contributed by atoms with Crippen molar-refractivity contribution >= 4 is 5.78 Å². The van der Waals surface area contributed by atoms with E-state index in [1.807, 2.05) is 0 Å². The number of piperidine rings is 1. The zero-order chi connectivity index (χ0) is 14.9. The second kappa shape index (κ2) is 6.40.